The molecular formula is C26H25ClN2O2. The third kappa shape index (κ3) is 5.15. The van der Waals surface area contributed by atoms with Crippen LogP contribution in [-0.4, -0.2) is 24.9 Å². The summed E-state index contributed by atoms with van der Waals surface area (Å²) in [6.07, 6.45) is 1.02. The van der Waals surface area contributed by atoms with Crippen molar-refractivity contribution in [3.63, 3.8) is 0 Å². The normalized spacial score (nSPS) is 16.0. The lowest BCUT2D eigenvalue weighted by atomic mass is 9.88. The SMILES string of the molecule is O=C(NCCC(c1ccccc1)c1ccccc1)[C@H]1CC(=O)N(c2ccc(Cl)cc2)C1. The van der Waals surface area contributed by atoms with Crippen molar-refractivity contribution in [1.82, 2.24) is 5.32 Å². The topological polar surface area (TPSA) is 49.4 Å². The molecule has 2 amide bonds. The highest BCUT2D eigenvalue weighted by molar-refractivity contribution is 6.30. The Kier molecular flexibility index (Phi) is 6.68. The maximum absolute atomic E-state index is 12.8. The summed E-state index contributed by atoms with van der Waals surface area (Å²) in [5.41, 5.74) is 3.23. The number of amides is 2. The van der Waals surface area contributed by atoms with Gasteiger partial charge in [0.25, 0.3) is 0 Å². The highest BCUT2D eigenvalue weighted by Crippen LogP contribution is 2.28. The van der Waals surface area contributed by atoms with Crippen molar-refractivity contribution < 1.29 is 9.59 Å². The Hall–Kier alpha value is -3.11. The van der Waals surface area contributed by atoms with Crippen molar-refractivity contribution in [1.29, 1.82) is 0 Å². The van der Waals surface area contributed by atoms with Crippen LogP contribution in [0.25, 0.3) is 0 Å². The molecule has 4 nitrogen and oxygen atoms in total. The van der Waals surface area contributed by atoms with Crippen LogP contribution in [0, 0.1) is 5.92 Å². The highest BCUT2D eigenvalue weighted by Gasteiger charge is 2.35. The second-order valence-electron chi connectivity index (χ2n) is 7.84. The minimum Gasteiger partial charge on any atom is -0.356 e. The molecule has 4 rings (SSSR count). The molecule has 31 heavy (non-hydrogen) atoms. The zero-order valence-corrected chi connectivity index (χ0v) is 18.0. The third-order valence-corrected chi connectivity index (χ3v) is 6.02. The number of carbonyl (C=O) groups is 2. The summed E-state index contributed by atoms with van der Waals surface area (Å²) in [4.78, 5) is 26.9. The number of nitrogens with one attached hydrogen (secondary N) is 1. The molecule has 1 heterocycles. The molecule has 1 atom stereocenters. The van der Waals surface area contributed by atoms with E-state index < -0.39 is 0 Å². The Morgan fingerprint density at radius 3 is 2.10 bits per heavy atom. The van der Waals surface area contributed by atoms with E-state index in [1.54, 1.807) is 17.0 Å². The Labute approximate surface area is 187 Å². The van der Waals surface area contributed by atoms with Gasteiger partial charge in [0, 0.05) is 36.1 Å². The molecule has 0 unspecified atom stereocenters. The van der Waals surface area contributed by atoms with Crippen LogP contribution in [-0.2, 0) is 9.59 Å². The van der Waals surface area contributed by atoms with E-state index in [-0.39, 0.29) is 30.1 Å². The van der Waals surface area contributed by atoms with Crippen molar-refractivity contribution in [3.05, 3.63) is 101 Å². The van der Waals surface area contributed by atoms with Crippen molar-refractivity contribution in [3.8, 4) is 0 Å². The van der Waals surface area contributed by atoms with Crippen LogP contribution in [0.5, 0.6) is 0 Å². The van der Waals surface area contributed by atoms with Crippen LogP contribution in [0.2, 0.25) is 5.02 Å². The predicted molar refractivity (Wildman–Crippen MR) is 124 cm³/mol. The van der Waals surface area contributed by atoms with Gasteiger partial charge in [0.1, 0.15) is 0 Å². The molecule has 0 saturated carbocycles. The van der Waals surface area contributed by atoms with E-state index in [0.717, 1.165) is 12.1 Å². The fourth-order valence-electron chi connectivity index (χ4n) is 4.13. The van der Waals surface area contributed by atoms with E-state index in [4.69, 9.17) is 11.6 Å². The van der Waals surface area contributed by atoms with Gasteiger partial charge in [-0.1, -0.05) is 72.3 Å². The Morgan fingerprint density at radius 2 is 1.52 bits per heavy atom. The number of benzene rings is 3. The molecule has 0 aliphatic carbocycles. The van der Waals surface area contributed by atoms with E-state index in [2.05, 4.69) is 29.6 Å². The summed E-state index contributed by atoms with van der Waals surface area (Å²) in [5, 5.41) is 3.68. The minimum absolute atomic E-state index is 0.0334. The molecule has 1 fully saturated rings. The molecule has 1 N–H and O–H groups in total. The summed E-state index contributed by atoms with van der Waals surface area (Å²) in [6, 6.07) is 27.8. The number of anilines is 1. The molecule has 0 spiro atoms. The first-order valence-electron chi connectivity index (χ1n) is 10.6. The van der Waals surface area contributed by atoms with Crippen LogP contribution >= 0.6 is 11.6 Å². The second-order valence-corrected chi connectivity index (χ2v) is 8.27. The van der Waals surface area contributed by atoms with Gasteiger partial charge >= 0.3 is 0 Å². The van der Waals surface area contributed by atoms with Gasteiger partial charge < -0.3 is 10.2 Å². The average Bonchev–Trinajstić information content (AvgIpc) is 3.20. The van der Waals surface area contributed by atoms with Gasteiger partial charge in [0.2, 0.25) is 11.8 Å². The molecule has 3 aromatic rings. The first-order valence-corrected chi connectivity index (χ1v) is 10.9. The molecule has 1 saturated heterocycles. The molecule has 0 radical (unpaired) electrons. The zero-order valence-electron chi connectivity index (χ0n) is 17.2. The van der Waals surface area contributed by atoms with Crippen molar-refractivity contribution in [2.75, 3.05) is 18.0 Å². The van der Waals surface area contributed by atoms with E-state index in [9.17, 15) is 9.59 Å². The molecular weight excluding hydrogens is 408 g/mol. The Bertz CT molecular complexity index is 983. The molecule has 1 aliphatic heterocycles. The first kappa shape index (κ1) is 21.1. The molecule has 5 heteroatoms. The van der Waals surface area contributed by atoms with Crippen LogP contribution in [0.4, 0.5) is 5.69 Å². The van der Waals surface area contributed by atoms with Crippen molar-refractivity contribution >= 4 is 29.1 Å². The lowest BCUT2D eigenvalue weighted by Gasteiger charge is -2.19. The van der Waals surface area contributed by atoms with Gasteiger partial charge in [-0.05, 0) is 41.8 Å². The number of rotatable bonds is 7. The zero-order chi connectivity index (χ0) is 21.6. The van der Waals surface area contributed by atoms with Gasteiger partial charge in [-0.2, -0.15) is 0 Å². The van der Waals surface area contributed by atoms with Gasteiger partial charge in [0.05, 0.1) is 5.92 Å². The lowest BCUT2D eigenvalue weighted by Crippen LogP contribution is -2.34. The van der Waals surface area contributed by atoms with Crippen molar-refractivity contribution in [2.24, 2.45) is 5.92 Å². The van der Waals surface area contributed by atoms with Gasteiger partial charge in [-0.15, -0.1) is 0 Å². The van der Waals surface area contributed by atoms with Crippen molar-refractivity contribution in [2.45, 2.75) is 18.8 Å². The monoisotopic (exact) mass is 432 g/mol. The summed E-state index contributed by atoms with van der Waals surface area (Å²) in [6.45, 7) is 0.950. The summed E-state index contributed by atoms with van der Waals surface area (Å²) in [5.74, 6) is -0.229. The van der Waals surface area contributed by atoms with E-state index in [1.807, 2.05) is 48.5 Å². The second kappa shape index (κ2) is 9.80. The van der Waals surface area contributed by atoms with Crippen LogP contribution in [0.3, 0.4) is 0 Å². The molecule has 3 aromatic carbocycles. The molecule has 1 aliphatic rings. The fourth-order valence-corrected chi connectivity index (χ4v) is 4.26. The summed E-state index contributed by atoms with van der Waals surface area (Å²) < 4.78 is 0. The van der Waals surface area contributed by atoms with Crippen LogP contribution in [0.1, 0.15) is 29.9 Å². The third-order valence-electron chi connectivity index (χ3n) is 5.77. The average molecular weight is 433 g/mol. The number of hydrogen-bond donors (Lipinski definition) is 1. The van der Waals surface area contributed by atoms with Gasteiger partial charge in [0.15, 0.2) is 0 Å². The van der Waals surface area contributed by atoms with Gasteiger partial charge in [-0.3, -0.25) is 9.59 Å². The minimum atomic E-state index is -0.338. The molecule has 0 aromatic heterocycles. The standard InChI is InChI=1S/C26H25ClN2O2/c27-22-11-13-23(14-12-22)29-18-21(17-25(29)30)26(31)28-16-15-24(19-7-3-1-4-8-19)20-9-5-2-6-10-20/h1-14,21,24H,15-18H2,(H,28,31)/t21-/m0/s1. The Morgan fingerprint density at radius 1 is 0.935 bits per heavy atom. The predicted octanol–water partition coefficient (Wildman–Crippen LogP) is 5.03. The maximum atomic E-state index is 12.8. The number of halogens is 1. The highest BCUT2D eigenvalue weighted by atomic mass is 35.5. The number of nitrogens with zero attached hydrogens (tertiary/aromatic N) is 1. The van der Waals surface area contributed by atoms with E-state index >= 15 is 0 Å². The maximum Gasteiger partial charge on any atom is 0.227 e. The van der Waals surface area contributed by atoms with Crippen LogP contribution in [0.15, 0.2) is 84.9 Å². The summed E-state index contributed by atoms with van der Waals surface area (Å²) >= 11 is 5.94. The summed E-state index contributed by atoms with van der Waals surface area (Å²) in [7, 11) is 0. The van der Waals surface area contributed by atoms with Crippen LogP contribution < -0.4 is 10.2 Å². The van der Waals surface area contributed by atoms with Gasteiger partial charge in [-0.25, -0.2) is 0 Å². The number of carbonyl (C=O) groups excluding carboxylic acids is 2. The lowest BCUT2D eigenvalue weighted by molar-refractivity contribution is -0.126. The Balaban J connectivity index is 1.36. The quantitative estimate of drug-likeness (QED) is 0.569. The smallest absolute Gasteiger partial charge is 0.227 e. The largest absolute Gasteiger partial charge is 0.356 e. The molecule has 158 valence electrons. The van der Waals surface area contributed by atoms with E-state index in [1.165, 1.54) is 11.1 Å². The molecule has 0 bridgehead atoms. The number of hydrogen-bond acceptors (Lipinski definition) is 2. The first-order chi connectivity index (χ1) is 15.1. The van der Waals surface area contributed by atoms with E-state index in [0.29, 0.717) is 18.1 Å². The fraction of sp³-hybridized carbons (Fsp3) is 0.231.